The van der Waals surface area contributed by atoms with Crippen LogP contribution in [0.1, 0.15) is 40.2 Å². The summed E-state index contributed by atoms with van der Waals surface area (Å²) in [5.74, 6) is 0.444. The summed E-state index contributed by atoms with van der Waals surface area (Å²) in [5, 5.41) is 0. The fourth-order valence-corrected chi connectivity index (χ4v) is 6.97. The van der Waals surface area contributed by atoms with Crippen molar-refractivity contribution in [2.75, 3.05) is 55.3 Å². The molecule has 0 saturated carbocycles. The molecule has 2 aliphatic heterocycles. The first-order valence-corrected chi connectivity index (χ1v) is 16.2. The van der Waals surface area contributed by atoms with E-state index in [2.05, 4.69) is 27.6 Å². The van der Waals surface area contributed by atoms with Crippen LogP contribution in [0, 0.1) is 31.1 Å². The van der Waals surface area contributed by atoms with Gasteiger partial charge in [-0.05, 0) is 68.4 Å². The molecule has 1 atom stereocenters. The van der Waals surface area contributed by atoms with Gasteiger partial charge >= 0.3 is 0 Å². The van der Waals surface area contributed by atoms with Crippen LogP contribution in [0.3, 0.4) is 0 Å². The average molecular weight is 571 g/mol. The van der Waals surface area contributed by atoms with Crippen LogP contribution in [0.15, 0.2) is 59.5 Å². The van der Waals surface area contributed by atoms with Crippen LogP contribution >= 0.6 is 0 Å². The first-order valence-electron chi connectivity index (χ1n) is 14.2. The van der Waals surface area contributed by atoms with Gasteiger partial charge in [0.05, 0.1) is 26.9 Å². The van der Waals surface area contributed by atoms with Crippen LogP contribution in [-0.4, -0.2) is 65.5 Å². The molecule has 2 fully saturated rings. The van der Waals surface area contributed by atoms with Crippen LogP contribution in [0.4, 0.5) is 17.1 Å². The Morgan fingerprint density at radius 2 is 1.56 bits per heavy atom. The van der Waals surface area contributed by atoms with Crippen molar-refractivity contribution in [2.45, 2.75) is 38.0 Å². The fourth-order valence-electron chi connectivity index (χ4n) is 6.04. The molecule has 2 aromatic carbocycles. The zero-order chi connectivity index (χ0) is 29.1. The predicted molar refractivity (Wildman–Crippen MR) is 165 cm³/mol. The average Bonchev–Trinajstić information content (AvgIpc) is 2.98. The quantitative estimate of drug-likeness (QED) is 0.384. The summed E-state index contributed by atoms with van der Waals surface area (Å²) < 4.78 is 20.6. The Morgan fingerprint density at radius 1 is 0.951 bits per heavy atom. The van der Waals surface area contributed by atoms with E-state index < -0.39 is 9.73 Å². The van der Waals surface area contributed by atoms with E-state index in [4.69, 9.17) is 16.3 Å². The van der Waals surface area contributed by atoms with E-state index in [-0.39, 0.29) is 5.91 Å². The molecule has 0 radical (unpaired) electrons. The van der Waals surface area contributed by atoms with Gasteiger partial charge in [0, 0.05) is 56.9 Å². The van der Waals surface area contributed by atoms with Gasteiger partial charge in [-0.2, -0.15) is 0 Å². The highest BCUT2D eigenvalue weighted by molar-refractivity contribution is 7.91. The van der Waals surface area contributed by atoms with Crippen molar-refractivity contribution >= 4 is 32.7 Å². The topological polar surface area (TPSA) is 85.0 Å². The lowest BCUT2D eigenvalue weighted by atomic mass is 9.90. The third-order valence-electron chi connectivity index (χ3n) is 8.34. The van der Waals surface area contributed by atoms with Crippen molar-refractivity contribution < 1.29 is 9.00 Å². The Bertz CT molecular complexity index is 1580. The van der Waals surface area contributed by atoms with Crippen molar-refractivity contribution in [2.24, 2.45) is 5.92 Å². The molecule has 41 heavy (non-hydrogen) atoms. The van der Waals surface area contributed by atoms with Gasteiger partial charge < -0.3 is 14.7 Å². The van der Waals surface area contributed by atoms with Crippen LogP contribution in [-0.2, 0) is 16.1 Å². The van der Waals surface area contributed by atoms with Gasteiger partial charge in [0.25, 0.3) is 5.91 Å². The van der Waals surface area contributed by atoms with Crippen molar-refractivity contribution in [3.8, 4) is 0 Å². The Balaban J connectivity index is 1.24. The second kappa shape index (κ2) is 11.9. The molecular weight excluding hydrogens is 532 g/mol. The van der Waals surface area contributed by atoms with Gasteiger partial charge in [-0.15, -0.1) is 0 Å². The largest absolute Gasteiger partial charge is 0.380 e. The highest BCUT2D eigenvalue weighted by atomic mass is 32.2. The number of nitrogens with zero attached hydrogens (tertiary/aromatic N) is 5. The summed E-state index contributed by atoms with van der Waals surface area (Å²) in [4.78, 5) is 29.1. The second-order valence-electron chi connectivity index (χ2n) is 11.2. The van der Waals surface area contributed by atoms with Crippen molar-refractivity contribution in [1.82, 2.24) is 9.88 Å². The number of nitrogens with one attached hydrogen (secondary N) is 1. The highest BCUT2D eigenvalue weighted by Gasteiger charge is 2.28. The molecule has 1 amide bonds. The minimum atomic E-state index is -2.85. The number of carbonyl (C=O) groups excluding carboxylic acids is 1. The van der Waals surface area contributed by atoms with Crippen LogP contribution in [0.5, 0.6) is 0 Å². The summed E-state index contributed by atoms with van der Waals surface area (Å²) in [5.41, 5.74) is 6.10. The number of rotatable bonds is 6. The molecule has 2 aliphatic rings. The van der Waals surface area contributed by atoms with Crippen LogP contribution in [0.25, 0.3) is 4.85 Å². The minimum absolute atomic E-state index is 0.0398. The van der Waals surface area contributed by atoms with E-state index in [1.807, 2.05) is 54.3 Å². The zero-order valence-corrected chi connectivity index (χ0v) is 24.9. The Hall–Kier alpha value is -3.90. The molecule has 3 aromatic rings. The fraction of sp³-hybridized carbons (Fsp3) is 0.406. The summed E-state index contributed by atoms with van der Waals surface area (Å²) in [7, 11) is -2.85. The van der Waals surface area contributed by atoms with Crippen LogP contribution < -0.4 is 9.80 Å². The molecule has 0 aliphatic carbocycles. The lowest BCUT2D eigenvalue weighted by Gasteiger charge is -2.37. The maximum atomic E-state index is 13.6. The highest BCUT2D eigenvalue weighted by Crippen LogP contribution is 2.33. The number of carbonyl (C=O) groups is 1. The summed E-state index contributed by atoms with van der Waals surface area (Å²) in [6, 6.07) is 17.3. The van der Waals surface area contributed by atoms with Gasteiger partial charge in [-0.3, -0.25) is 4.79 Å². The Kier molecular flexibility index (Phi) is 8.32. The molecule has 0 unspecified atom stereocenters. The number of aryl methyl sites for hydroxylation is 2. The molecule has 3 heterocycles. The lowest BCUT2D eigenvalue weighted by Crippen LogP contribution is -2.49. The van der Waals surface area contributed by atoms with Crippen LogP contribution in [0.2, 0.25) is 0 Å². The van der Waals surface area contributed by atoms with Gasteiger partial charge in [0.1, 0.15) is 5.69 Å². The van der Waals surface area contributed by atoms with E-state index in [0.29, 0.717) is 48.4 Å². The molecule has 5 rings (SSSR count). The maximum absolute atomic E-state index is 13.6. The molecule has 1 aromatic heterocycles. The first-order chi connectivity index (χ1) is 19.7. The number of benzene rings is 2. The predicted octanol–water partition coefficient (Wildman–Crippen LogP) is 5.71. The Morgan fingerprint density at radius 3 is 2.22 bits per heavy atom. The summed E-state index contributed by atoms with van der Waals surface area (Å²) in [6.45, 7) is 15.7. The molecule has 9 heteroatoms. The lowest BCUT2D eigenvalue weighted by molar-refractivity contribution is 0.0739. The van der Waals surface area contributed by atoms with Gasteiger partial charge in [0.15, 0.2) is 0 Å². The smallest absolute Gasteiger partial charge is 0.272 e. The monoisotopic (exact) mass is 570 g/mol. The summed E-state index contributed by atoms with van der Waals surface area (Å²) in [6.07, 6.45) is 4.35. The number of hydrogen-bond donors (Lipinski definition) is 1. The molecule has 0 bridgehead atoms. The van der Waals surface area contributed by atoms with E-state index in [9.17, 15) is 9.00 Å². The third kappa shape index (κ3) is 6.23. The summed E-state index contributed by atoms with van der Waals surface area (Å²) >= 11 is 0. The van der Waals surface area contributed by atoms with E-state index in [0.717, 1.165) is 60.5 Å². The number of piperidine rings is 1. The SMILES string of the molecule is [C-]#[N+]c1ccccc1N1CCC(Cc2nc(C(=O)N3CCN(c4ccccc4[S@](C)(=N)=O)CC3)c(C)cc2C)CC1. The molecule has 214 valence electrons. The standard InChI is InChI=1S/C32H38N6O2S/c1-23-21-24(2)31(32(39)38-19-17-37(18-20-38)29-11-7-8-12-30(29)41(4,33)40)35-27(23)22-25-13-15-36(16-14-25)28-10-6-5-9-26(28)34-3/h5-12,21,25,33H,13-20,22H2,1-2,4H3/t41-/m1/s1. The van der Waals surface area contributed by atoms with Crippen molar-refractivity contribution in [1.29, 1.82) is 4.78 Å². The molecule has 0 spiro atoms. The van der Waals surface area contributed by atoms with Gasteiger partial charge in [-0.25, -0.2) is 18.8 Å². The molecule has 1 N–H and O–H groups in total. The second-order valence-corrected chi connectivity index (χ2v) is 13.4. The van der Waals surface area contributed by atoms with Gasteiger partial charge in [-0.1, -0.05) is 36.4 Å². The first kappa shape index (κ1) is 28.6. The van der Waals surface area contributed by atoms with E-state index in [1.165, 1.54) is 6.26 Å². The third-order valence-corrected chi connectivity index (χ3v) is 9.53. The molecule has 8 nitrogen and oxygen atoms in total. The minimum Gasteiger partial charge on any atom is -0.380 e. The van der Waals surface area contributed by atoms with Gasteiger partial charge in [0.2, 0.25) is 5.69 Å². The molecular formula is C32H38N6O2S. The number of aromatic nitrogens is 1. The number of anilines is 2. The number of hydrogen-bond acceptors (Lipinski definition) is 6. The Labute approximate surface area is 243 Å². The van der Waals surface area contributed by atoms with Crippen molar-refractivity contribution in [3.63, 3.8) is 0 Å². The molecule has 2 saturated heterocycles. The van der Waals surface area contributed by atoms with E-state index >= 15 is 0 Å². The van der Waals surface area contributed by atoms with Crippen molar-refractivity contribution in [3.05, 3.63) is 88.5 Å². The maximum Gasteiger partial charge on any atom is 0.272 e. The number of amides is 1. The van der Waals surface area contributed by atoms with E-state index in [1.54, 1.807) is 6.07 Å². The normalized spacial score (nSPS) is 17.7. The number of para-hydroxylation sites is 3. The number of piperazine rings is 1. The number of pyridine rings is 1. The zero-order valence-electron chi connectivity index (χ0n) is 24.1.